The fourth-order valence-electron chi connectivity index (χ4n) is 2.61. The van der Waals surface area contributed by atoms with Crippen molar-refractivity contribution in [3.05, 3.63) is 24.3 Å². The van der Waals surface area contributed by atoms with Gasteiger partial charge in [-0.3, -0.25) is 4.79 Å². The van der Waals surface area contributed by atoms with Crippen LogP contribution in [-0.2, 0) is 4.79 Å². The first-order valence-electron chi connectivity index (χ1n) is 7.13. The Hall–Kier alpha value is -1.75. The third-order valence-corrected chi connectivity index (χ3v) is 3.96. The van der Waals surface area contributed by atoms with E-state index in [-0.39, 0.29) is 18.6 Å². The number of hydrogen-bond donors (Lipinski definition) is 2. The molecule has 2 N–H and O–H groups in total. The van der Waals surface area contributed by atoms with E-state index in [1.807, 2.05) is 24.3 Å². The van der Waals surface area contributed by atoms with Gasteiger partial charge in [0.1, 0.15) is 6.61 Å². The van der Waals surface area contributed by atoms with Gasteiger partial charge in [0.25, 0.3) is 5.91 Å². The van der Waals surface area contributed by atoms with Crippen LogP contribution in [0.15, 0.2) is 24.3 Å². The van der Waals surface area contributed by atoms with E-state index in [9.17, 15) is 4.79 Å². The zero-order chi connectivity index (χ0) is 13.9. The van der Waals surface area contributed by atoms with Crippen LogP contribution in [0.2, 0.25) is 0 Å². The molecule has 108 valence electrons. The number of fused-ring (bicyclic) bond motifs is 1. The zero-order valence-corrected chi connectivity index (χ0v) is 11.6. The fraction of sp³-hybridized carbons (Fsp3) is 0.533. The van der Waals surface area contributed by atoms with Crippen molar-refractivity contribution < 1.29 is 14.3 Å². The molecule has 5 nitrogen and oxygen atoms in total. The van der Waals surface area contributed by atoms with Crippen LogP contribution < -0.4 is 20.1 Å². The lowest BCUT2D eigenvalue weighted by molar-refractivity contribution is -0.131. The third-order valence-electron chi connectivity index (χ3n) is 3.96. The first-order valence-corrected chi connectivity index (χ1v) is 7.13. The predicted molar refractivity (Wildman–Crippen MR) is 74.9 cm³/mol. The van der Waals surface area contributed by atoms with Crippen molar-refractivity contribution >= 4 is 5.91 Å². The van der Waals surface area contributed by atoms with Gasteiger partial charge in [0.2, 0.25) is 6.10 Å². The SMILES string of the molecule is CC1CCNCC1NC(=O)C1COc2ccccc2O1. The van der Waals surface area contributed by atoms with Crippen LogP contribution in [0.5, 0.6) is 11.5 Å². The molecule has 1 amide bonds. The largest absolute Gasteiger partial charge is 0.485 e. The Morgan fingerprint density at radius 1 is 1.35 bits per heavy atom. The number of benzene rings is 1. The maximum absolute atomic E-state index is 12.3. The van der Waals surface area contributed by atoms with Crippen LogP contribution in [0.25, 0.3) is 0 Å². The van der Waals surface area contributed by atoms with E-state index in [2.05, 4.69) is 17.6 Å². The van der Waals surface area contributed by atoms with Crippen LogP contribution in [-0.4, -0.2) is 37.7 Å². The second kappa shape index (κ2) is 5.71. The summed E-state index contributed by atoms with van der Waals surface area (Å²) in [6.07, 6.45) is 0.509. The second-order valence-corrected chi connectivity index (χ2v) is 5.45. The summed E-state index contributed by atoms with van der Waals surface area (Å²) in [6, 6.07) is 7.58. The third kappa shape index (κ3) is 2.72. The first-order chi connectivity index (χ1) is 9.74. The summed E-state index contributed by atoms with van der Waals surface area (Å²) in [5.74, 6) is 1.72. The molecule has 3 rings (SSSR count). The minimum absolute atomic E-state index is 0.0972. The number of carbonyl (C=O) groups is 1. The molecule has 0 bridgehead atoms. The summed E-state index contributed by atoms with van der Waals surface area (Å²) < 4.78 is 11.3. The number of carbonyl (C=O) groups excluding carboxylic acids is 1. The minimum Gasteiger partial charge on any atom is -0.485 e. The Morgan fingerprint density at radius 3 is 2.95 bits per heavy atom. The highest BCUT2D eigenvalue weighted by Crippen LogP contribution is 2.30. The van der Waals surface area contributed by atoms with Gasteiger partial charge in [-0.05, 0) is 31.0 Å². The smallest absolute Gasteiger partial charge is 0.264 e. The topological polar surface area (TPSA) is 59.6 Å². The van der Waals surface area contributed by atoms with Crippen LogP contribution in [0, 0.1) is 5.92 Å². The Morgan fingerprint density at radius 2 is 2.15 bits per heavy atom. The molecule has 0 aliphatic carbocycles. The highest BCUT2D eigenvalue weighted by Gasteiger charge is 2.30. The molecular formula is C15H20N2O3. The summed E-state index contributed by atoms with van der Waals surface area (Å²) in [4.78, 5) is 12.3. The predicted octanol–water partition coefficient (Wildman–Crippen LogP) is 0.941. The van der Waals surface area contributed by atoms with Gasteiger partial charge in [0, 0.05) is 12.6 Å². The summed E-state index contributed by atoms with van der Waals surface area (Å²) >= 11 is 0. The average Bonchev–Trinajstić information content (AvgIpc) is 2.49. The lowest BCUT2D eigenvalue weighted by Crippen LogP contribution is -2.54. The molecule has 0 aromatic heterocycles. The normalized spacial score (nSPS) is 28.8. The number of amides is 1. The van der Waals surface area contributed by atoms with Gasteiger partial charge >= 0.3 is 0 Å². The van der Waals surface area contributed by atoms with E-state index < -0.39 is 6.10 Å². The van der Waals surface area contributed by atoms with Crippen LogP contribution >= 0.6 is 0 Å². The Bertz CT molecular complexity index is 492. The maximum Gasteiger partial charge on any atom is 0.264 e. The lowest BCUT2D eigenvalue weighted by Gasteiger charge is -2.32. The van der Waals surface area contributed by atoms with E-state index in [4.69, 9.17) is 9.47 Å². The van der Waals surface area contributed by atoms with Crippen LogP contribution in [0.4, 0.5) is 0 Å². The van der Waals surface area contributed by atoms with E-state index in [1.54, 1.807) is 0 Å². The molecule has 2 heterocycles. The number of hydrogen-bond acceptors (Lipinski definition) is 4. The van der Waals surface area contributed by atoms with Crippen molar-refractivity contribution in [3.63, 3.8) is 0 Å². The summed E-state index contributed by atoms with van der Waals surface area (Å²) in [5.41, 5.74) is 0. The standard InChI is InChI=1S/C15H20N2O3/c1-10-6-7-16-8-11(10)17-15(18)14-9-19-12-4-2-3-5-13(12)20-14/h2-5,10-11,14,16H,6-9H2,1H3,(H,17,18). The molecular weight excluding hydrogens is 256 g/mol. The molecule has 2 aliphatic rings. The zero-order valence-electron chi connectivity index (χ0n) is 11.6. The fourth-order valence-corrected chi connectivity index (χ4v) is 2.61. The molecule has 5 heteroatoms. The van der Waals surface area contributed by atoms with E-state index >= 15 is 0 Å². The Kier molecular flexibility index (Phi) is 3.78. The molecule has 1 fully saturated rings. The molecule has 1 aromatic carbocycles. The van der Waals surface area contributed by atoms with Crippen molar-refractivity contribution in [2.24, 2.45) is 5.92 Å². The van der Waals surface area contributed by atoms with Crippen molar-refractivity contribution in [2.75, 3.05) is 19.7 Å². The highest BCUT2D eigenvalue weighted by atomic mass is 16.6. The molecule has 0 saturated carbocycles. The van der Waals surface area contributed by atoms with Crippen molar-refractivity contribution in [1.29, 1.82) is 0 Å². The van der Waals surface area contributed by atoms with Crippen LogP contribution in [0.1, 0.15) is 13.3 Å². The maximum atomic E-state index is 12.3. The summed E-state index contributed by atoms with van der Waals surface area (Å²) in [7, 11) is 0. The molecule has 0 spiro atoms. The number of nitrogens with one attached hydrogen (secondary N) is 2. The molecule has 3 unspecified atom stereocenters. The van der Waals surface area contributed by atoms with E-state index in [1.165, 1.54) is 0 Å². The van der Waals surface area contributed by atoms with Gasteiger partial charge in [0.05, 0.1) is 0 Å². The van der Waals surface area contributed by atoms with Gasteiger partial charge in [-0.15, -0.1) is 0 Å². The van der Waals surface area contributed by atoms with Gasteiger partial charge in [-0.25, -0.2) is 0 Å². The number of ether oxygens (including phenoxy) is 2. The Labute approximate surface area is 118 Å². The van der Waals surface area contributed by atoms with Gasteiger partial charge in [-0.2, -0.15) is 0 Å². The van der Waals surface area contributed by atoms with Crippen LogP contribution in [0.3, 0.4) is 0 Å². The lowest BCUT2D eigenvalue weighted by atomic mass is 9.94. The number of rotatable bonds is 2. The Balaban J connectivity index is 1.61. The van der Waals surface area contributed by atoms with Crippen molar-refractivity contribution in [1.82, 2.24) is 10.6 Å². The number of piperidine rings is 1. The highest BCUT2D eigenvalue weighted by molar-refractivity contribution is 5.82. The van der Waals surface area contributed by atoms with E-state index in [0.29, 0.717) is 17.4 Å². The molecule has 3 atom stereocenters. The monoisotopic (exact) mass is 276 g/mol. The molecule has 1 saturated heterocycles. The second-order valence-electron chi connectivity index (χ2n) is 5.45. The van der Waals surface area contributed by atoms with Crippen molar-refractivity contribution in [3.8, 4) is 11.5 Å². The van der Waals surface area contributed by atoms with Crippen molar-refractivity contribution in [2.45, 2.75) is 25.5 Å². The van der Waals surface area contributed by atoms with Gasteiger partial charge in [-0.1, -0.05) is 19.1 Å². The molecule has 0 radical (unpaired) electrons. The van der Waals surface area contributed by atoms with Gasteiger partial charge in [0.15, 0.2) is 11.5 Å². The summed E-state index contributed by atoms with van der Waals surface area (Å²) in [6.45, 7) is 4.26. The molecule has 1 aromatic rings. The van der Waals surface area contributed by atoms with E-state index in [0.717, 1.165) is 19.5 Å². The molecule has 20 heavy (non-hydrogen) atoms. The first kappa shape index (κ1) is 13.2. The average molecular weight is 276 g/mol. The quantitative estimate of drug-likeness (QED) is 0.844. The minimum atomic E-state index is -0.570. The summed E-state index contributed by atoms with van der Waals surface area (Å²) in [5, 5.41) is 6.37. The molecule has 2 aliphatic heterocycles. The van der Waals surface area contributed by atoms with Gasteiger partial charge < -0.3 is 20.1 Å². The number of para-hydroxylation sites is 2.